The van der Waals surface area contributed by atoms with E-state index in [2.05, 4.69) is 46.7 Å². The van der Waals surface area contributed by atoms with Crippen LogP contribution in [0.2, 0.25) is 5.02 Å². The quantitative estimate of drug-likeness (QED) is 0.429. The summed E-state index contributed by atoms with van der Waals surface area (Å²) in [6.07, 6.45) is 1.00. The third-order valence-corrected chi connectivity index (χ3v) is 4.80. The normalized spacial score (nSPS) is 11.9. The third-order valence-electron chi connectivity index (χ3n) is 4.56. The number of benzene rings is 3. The van der Waals surface area contributed by atoms with E-state index in [4.69, 9.17) is 16.0 Å². The molecule has 140 valence electrons. The molecule has 0 aliphatic carbocycles. The number of aromatic nitrogens is 2. The summed E-state index contributed by atoms with van der Waals surface area (Å²) in [5.41, 5.74) is 4.10. The van der Waals surface area contributed by atoms with Crippen molar-refractivity contribution in [3.8, 4) is 11.5 Å². The molecule has 1 heterocycles. The molecule has 4 aromatic rings. The van der Waals surface area contributed by atoms with Crippen LogP contribution in [-0.2, 0) is 6.42 Å². The summed E-state index contributed by atoms with van der Waals surface area (Å²) in [5.74, 6) is 0.978. The predicted octanol–water partition coefficient (Wildman–Crippen LogP) is 6.15. The number of nitrogens with one attached hydrogen (secondary N) is 1. The monoisotopic (exact) mass is 389 g/mol. The van der Waals surface area contributed by atoms with E-state index >= 15 is 0 Å². The number of hydrogen-bond donors (Lipinski definition) is 1. The number of aryl methyl sites for hydroxylation is 1. The molecular weight excluding hydrogens is 370 g/mol. The lowest BCUT2D eigenvalue weighted by molar-refractivity contribution is 0.494. The van der Waals surface area contributed by atoms with Crippen molar-refractivity contribution in [1.29, 1.82) is 0 Å². The lowest BCUT2D eigenvalue weighted by Crippen LogP contribution is -2.13. The first-order valence-corrected chi connectivity index (χ1v) is 9.60. The van der Waals surface area contributed by atoms with Gasteiger partial charge in [0.2, 0.25) is 11.8 Å². The van der Waals surface area contributed by atoms with Gasteiger partial charge >= 0.3 is 0 Å². The second kappa shape index (κ2) is 8.28. The topological polar surface area (TPSA) is 51.0 Å². The summed E-state index contributed by atoms with van der Waals surface area (Å²) >= 11 is 6.23. The van der Waals surface area contributed by atoms with Crippen molar-refractivity contribution in [3.63, 3.8) is 0 Å². The highest BCUT2D eigenvalue weighted by Crippen LogP contribution is 2.29. The molecule has 0 radical (unpaired) electrons. The molecule has 1 N–H and O–H groups in total. The van der Waals surface area contributed by atoms with Crippen LogP contribution >= 0.6 is 11.6 Å². The average Bonchev–Trinajstić information content (AvgIpc) is 3.23. The Morgan fingerprint density at radius 3 is 2.43 bits per heavy atom. The third kappa shape index (κ3) is 4.07. The molecule has 0 amide bonds. The zero-order valence-corrected chi connectivity index (χ0v) is 16.2. The van der Waals surface area contributed by atoms with Crippen LogP contribution in [0, 0.1) is 0 Å². The molecule has 1 unspecified atom stereocenters. The van der Waals surface area contributed by atoms with E-state index < -0.39 is 0 Å². The van der Waals surface area contributed by atoms with Crippen molar-refractivity contribution in [3.05, 3.63) is 101 Å². The highest BCUT2D eigenvalue weighted by molar-refractivity contribution is 6.30. The van der Waals surface area contributed by atoms with Crippen LogP contribution in [0.4, 0.5) is 5.69 Å². The van der Waals surface area contributed by atoms with Crippen molar-refractivity contribution in [2.75, 3.05) is 5.32 Å². The Bertz CT molecular complexity index is 1040. The SMILES string of the molecule is CCc1ccc(NC(c2cccc(Cl)c2)c2nnc(-c3ccccc3)o2)cc1. The lowest BCUT2D eigenvalue weighted by atomic mass is 10.1. The molecule has 0 fully saturated rings. The second-order valence-corrected chi connectivity index (χ2v) is 6.93. The van der Waals surface area contributed by atoms with E-state index in [0.29, 0.717) is 16.8 Å². The molecule has 4 nitrogen and oxygen atoms in total. The van der Waals surface area contributed by atoms with Crippen molar-refractivity contribution in [2.24, 2.45) is 0 Å². The minimum atomic E-state index is -0.309. The van der Waals surface area contributed by atoms with Gasteiger partial charge in [-0.15, -0.1) is 10.2 Å². The summed E-state index contributed by atoms with van der Waals surface area (Å²) in [6, 6.07) is 25.4. The van der Waals surface area contributed by atoms with Crippen molar-refractivity contribution >= 4 is 17.3 Å². The first-order chi connectivity index (χ1) is 13.7. The van der Waals surface area contributed by atoms with Crippen LogP contribution in [0.5, 0.6) is 0 Å². The molecule has 0 aliphatic rings. The van der Waals surface area contributed by atoms with Crippen LogP contribution in [0.15, 0.2) is 83.3 Å². The van der Waals surface area contributed by atoms with E-state index in [-0.39, 0.29) is 6.04 Å². The molecule has 0 saturated heterocycles. The molecule has 0 bridgehead atoms. The maximum absolute atomic E-state index is 6.23. The minimum absolute atomic E-state index is 0.309. The predicted molar refractivity (Wildman–Crippen MR) is 112 cm³/mol. The summed E-state index contributed by atoms with van der Waals surface area (Å²) in [6.45, 7) is 2.14. The Kier molecular flexibility index (Phi) is 5.40. The fraction of sp³-hybridized carbons (Fsp3) is 0.130. The molecule has 0 aliphatic heterocycles. The van der Waals surface area contributed by atoms with E-state index in [1.807, 2.05) is 54.6 Å². The van der Waals surface area contributed by atoms with Crippen molar-refractivity contribution < 1.29 is 4.42 Å². The Hall–Kier alpha value is -3.11. The molecule has 4 rings (SSSR count). The van der Waals surface area contributed by atoms with Gasteiger partial charge in [-0.3, -0.25) is 0 Å². The molecule has 0 spiro atoms. The van der Waals surface area contributed by atoms with E-state index in [9.17, 15) is 0 Å². The van der Waals surface area contributed by atoms with Crippen LogP contribution in [0.3, 0.4) is 0 Å². The molecule has 1 atom stereocenters. The van der Waals surface area contributed by atoms with Crippen LogP contribution in [0.25, 0.3) is 11.5 Å². The number of rotatable bonds is 6. The highest BCUT2D eigenvalue weighted by Gasteiger charge is 2.22. The number of hydrogen-bond acceptors (Lipinski definition) is 4. The van der Waals surface area contributed by atoms with Crippen LogP contribution in [0.1, 0.15) is 30.0 Å². The maximum atomic E-state index is 6.23. The van der Waals surface area contributed by atoms with Gasteiger partial charge in [0.15, 0.2) is 0 Å². The van der Waals surface area contributed by atoms with Gasteiger partial charge in [0.05, 0.1) is 0 Å². The van der Waals surface area contributed by atoms with Crippen LogP contribution < -0.4 is 5.32 Å². The second-order valence-electron chi connectivity index (χ2n) is 6.49. The van der Waals surface area contributed by atoms with Gasteiger partial charge in [-0.2, -0.15) is 0 Å². The number of anilines is 1. The van der Waals surface area contributed by atoms with Gasteiger partial charge in [-0.25, -0.2) is 0 Å². The zero-order chi connectivity index (χ0) is 19.3. The smallest absolute Gasteiger partial charge is 0.247 e. The average molecular weight is 390 g/mol. The van der Waals surface area contributed by atoms with Gasteiger partial charge in [0.25, 0.3) is 0 Å². The summed E-state index contributed by atoms with van der Waals surface area (Å²) in [7, 11) is 0. The Labute approximate surface area is 169 Å². The largest absolute Gasteiger partial charge is 0.418 e. The van der Waals surface area contributed by atoms with Gasteiger partial charge in [-0.1, -0.05) is 61.0 Å². The van der Waals surface area contributed by atoms with Gasteiger partial charge in [0, 0.05) is 16.3 Å². The molecule has 28 heavy (non-hydrogen) atoms. The molecule has 5 heteroatoms. The molecule has 3 aromatic carbocycles. The van der Waals surface area contributed by atoms with Gasteiger partial charge < -0.3 is 9.73 Å². The van der Waals surface area contributed by atoms with E-state index in [1.54, 1.807) is 0 Å². The molecular formula is C23H20ClN3O. The summed E-state index contributed by atoms with van der Waals surface area (Å²) < 4.78 is 6.02. The Morgan fingerprint density at radius 2 is 1.71 bits per heavy atom. The van der Waals surface area contributed by atoms with Crippen molar-refractivity contribution in [1.82, 2.24) is 10.2 Å². The molecule has 0 saturated carbocycles. The van der Waals surface area contributed by atoms with E-state index in [1.165, 1.54) is 5.56 Å². The molecule has 1 aromatic heterocycles. The summed E-state index contributed by atoms with van der Waals surface area (Å²) in [4.78, 5) is 0. The van der Waals surface area contributed by atoms with E-state index in [0.717, 1.165) is 23.2 Å². The Balaban J connectivity index is 1.69. The fourth-order valence-electron chi connectivity index (χ4n) is 3.03. The maximum Gasteiger partial charge on any atom is 0.247 e. The number of halogens is 1. The zero-order valence-electron chi connectivity index (χ0n) is 15.5. The van der Waals surface area contributed by atoms with Gasteiger partial charge in [-0.05, 0) is 53.9 Å². The standard InChI is InChI=1S/C23H20ClN3O/c1-2-16-11-13-20(14-12-16)25-21(18-9-6-10-19(24)15-18)23-27-26-22(28-23)17-7-4-3-5-8-17/h3-15,21,25H,2H2,1H3. The minimum Gasteiger partial charge on any atom is -0.418 e. The first-order valence-electron chi connectivity index (χ1n) is 9.22. The summed E-state index contributed by atoms with van der Waals surface area (Å²) in [5, 5.41) is 12.7. The fourth-order valence-corrected chi connectivity index (χ4v) is 3.22. The highest BCUT2D eigenvalue weighted by atomic mass is 35.5. The van der Waals surface area contributed by atoms with Crippen molar-refractivity contribution in [2.45, 2.75) is 19.4 Å². The lowest BCUT2D eigenvalue weighted by Gasteiger charge is -2.17. The number of nitrogens with zero attached hydrogens (tertiary/aromatic N) is 2. The Morgan fingerprint density at radius 1 is 0.929 bits per heavy atom. The van der Waals surface area contributed by atoms with Gasteiger partial charge in [0.1, 0.15) is 6.04 Å². The van der Waals surface area contributed by atoms with Crippen LogP contribution in [-0.4, -0.2) is 10.2 Å². The first kappa shape index (κ1) is 18.3.